The number of hydrogen-bond acceptors (Lipinski definition) is 2. The summed E-state index contributed by atoms with van der Waals surface area (Å²) in [6.45, 7) is 0. The van der Waals surface area contributed by atoms with Crippen molar-refractivity contribution in [3.63, 3.8) is 0 Å². The molecular formula is C8H8ClN3. The van der Waals surface area contributed by atoms with Crippen LogP contribution >= 0.6 is 12.4 Å². The summed E-state index contributed by atoms with van der Waals surface area (Å²) < 4.78 is 0. The normalized spacial score (nSPS) is 9.00. The molecule has 0 aliphatic heterocycles. The SMILES string of the molecule is Cl.c1cncc(-c2c[nH]cn2)c1. The van der Waals surface area contributed by atoms with E-state index >= 15 is 0 Å². The van der Waals surface area contributed by atoms with Crippen molar-refractivity contribution in [3.05, 3.63) is 37.1 Å². The fourth-order valence-electron chi connectivity index (χ4n) is 0.932. The maximum Gasteiger partial charge on any atom is 0.0927 e. The maximum atomic E-state index is 4.09. The van der Waals surface area contributed by atoms with Crippen molar-refractivity contribution < 1.29 is 0 Å². The number of aromatic amines is 1. The average Bonchev–Trinajstić information content (AvgIpc) is 2.58. The van der Waals surface area contributed by atoms with E-state index in [9.17, 15) is 0 Å². The van der Waals surface area contributed by atoms with Gasteiger partial charge in [0.25, 0.3) is 0 Å². The largest absolute Gasteiger partial charge is 0.351 e. The fourth-order valence-corrected chi connectivity index (χ4v) is 0.932. The van der Waals surface area contributed by atoms with E-state index in [0.29, 0.717) is 0 Å². The zero-order valence-corrected chi connectivity index (χ0v) is 7.08. The lowest BCUT2D eigenvalue weighted by Crippen LogP contribution is -1.76. The molecule has 0 saturated heterocycles. The molecule has 62 valence electrons. The molecule has 0 bridgehead atoms. The molecule has 2 rings (SSSR count). The number of halogens is 1. The van der Waals surface area contributed by atoms with Gasteiger partial charge in [-0.3, -0.25) is 4.98 Å². The average molecular weight is 182 g/mol. The molecule has 1 N–H and O–H groups in total. The van der Waals surface area contributed by atoms with Crippen molar-refractivity contribution in [3.8, 4) is 11.3 Å². The van der Waals surface area contributed by atoms with E-state index < -0.39 is 0 Å². The third-order valence-electron chi connectivity index (χ3n) is 1.46. The molecule has 2 heterocycles. The van der Waals surface area contributed by atoms with E-state index in [-0.39, 0.29) is 12.4 Å². The third-order valence-corrected chi connectivity index (χ3v) is 1.46. The summed E-state index contributed by atoms with van der Waals surface area (Å²) in [6, 6.07) is 3.87. The lowest BCUT2D eigenvalue weighted by molar-refractivity contribution is 1.29. The monoisotopic (exact) mass is 181 g/mol. The molecule has 0 aliphatic carbocycles. The van der Waals surface area contributed by atoms with E-state index in [4.69, 9.17) is 0 Å². The van der Waals surface area contributed by atoms with Crippen LogP contribution in [0.3, 0.4) is 0 Å². The fraction of sp³-hybridized carbons (Fsp3) is 0. The summed E-state index contributed by atoms with van der Waals surface area (Å²) in [5.41, 5.74) is 1.96. The Morgan fingerprint density at radius 2 is 2.25 bits per heavy atom. The van der Waals surface area contributed by atoms with Crippen LogP contribution in [0.5, 0.6) is 0 Å². The molecule has 0 aliphatic rings. The lowest BCUT2D eigenvalue weighted by atomic mass is 10.2. The maximum absolute atomic E-state index is 4.09. The Bertz CT molecular complexity index is 317. The van der Waals surface area contributed by atoms with Crippen LogP contribution in [0.4, 0.5) is 0 Å². The Labute approximate surface area is 76.3 Å². The second-order valence-electron chi connectivity index (χ2n) is 2.20. The summed E-state index contributed by atoms with van der Waals surface area (Å²) in [7, 11) is 0. The van der Waals surface area contributed by atoms with Crippen molar-refractivity contribution in [1.29, 1.82) is 0 Å². The van der Waals surface area contributed by atoms with Gasteiger partial charge in [0, 0.05) is 24.2 Å². The predicted molar refractivity (Wildman–Crippen MR) is 49.1 cm³/mol. The van der Waals surface area contributed by atoms with Crippen molar-refractivity contribution >= 4 is 12.4 Å². The summed E-state index contributed by atoms with van der Waals surface area (Å²) in [5, 5.41) is 0. The number of aromatic nitrogens is 3. The highest BCUT2D eigenvalue weighted by Crippen LogP contribution is 2.12. The van der Waals surface area contributed by atoms with Gasteiger partial charge in [0.05, 0.1) is 12.0 Å². The van der Waals surface area contributed by atoms with Crippen LogP contribution in [0.15, 0.2) is 37.1 Å². The molecule has 12 heavy (non-hydrogen) atoms. The second-order valence-corrected chi connectivity index (χ2v) is 2.20. The Morgan fingerprint density at radius 1 is 1.33 bits per heavy atom. The van der Waals surface area contributed by atoms with Gasteiger partial charge in [0.2, 0.25) is 0 Å². The molecule has 0 amide bonds. The highest BCUT2D eigenvalue weighted by Gasteiger charge is 1.95. The van der Waals surface area contributed by atoms with Crippen LogP contribution in [0.2, 0.25) is 0 Å². The topological polar surface area (TPSA) is 41.6 Å². The van der Waals surface area contributed by atoms with Crippen molar-refractivity contribution in [1.82, 2.24) is 15.0 Å². The first-order chi connectivity index (χ1) is 5.47. The third kappa shape index (κ3) is 1.62. The van der Waals surface area contributed by atoms with Gasteiger partial charge in [-0.05, 0) is 12.1 Å². The summed E-state index contributed by atoms with van der Waals surface area (Å²) in [4.78, 5) is 11.0. The molecule has 0 unspecified atom stereocenters. The van der Waals surface area contributed by atoms with Crippen LogP contribution in [-0.4, -0.2) is 15.0 Å². The van der Waals surface area contributed by atoms with Crippen LogP contribution in [0.25, 0.3) is 11.3 Å². The molecule has 2 aromatic rings. The molecule has 0 atom stereocenters. The number of nitrogens with zero attached hydrogens (tertiary/aromatic N) is 2. The minimum atomic E-state index is 0. The first-order valence-corrected chi connectivity index (χ1v) is 3.36. The number of hydrogen-bond donors (Lipinski definition) is 1. The summed E-state index contributed by atoms with van der Waals surface area (Å²) >= 11 is 0. The first kappa shape index (κ1) is 8.74. The van der Waals surface area contributed by atoms with E-state index in [1.54, 1.807) is 18.7 Å². The van der Waals surface area contributed by atoms with Gasteiger partial charge in [-0.1, -0.05) is 0 Å². The van der Waals surface area contributed by atoms with Crippen LogP contribution in [0, 0.1) is 0 Å². The molecular weight excluding hydrogens is 174 g/mol. The number of nitrogens with one attached hydrogen (secondary N) is 1. The molecule has 3 nitrogen and oxygen atoms in total. The highest BCUT2D eigenvalue weighted by atomic mass is 35.5. The van der Waals surface area contributed by atoms with Gasteiger partial charge in [-0.15, -0.1) is 12.4 Å². The summed E-state index contributed by atoms with van der Waals surface area (Å²) in [6.07, 6.45) is 7.03. The molecule has 0 saturated carbocycles. The number of H-pyrrole nitrogens is 1. The van der Waals surface area contributed by atoms with Crippen molar-refractivity contribution in [2.24, 2.45) is 0 Å². The first-order valence-electron chi connectivity index (χ1n) is 3.36. The molecule has 0 fully saturated rings. The van der Waals surface area contributed by atoms with Gasteiger partial charge in [0.15, 0.2) is 0 Å². The standard InChI is InChI=1S/C8H7N3.ClH/c1-2-7(4-9-3-1)8-5-10-6-11-8;/h1-6H,(H,10,11);1H. The minimum Gasteiger partial charge on any atom is -0.351 e. The smallest absolute Gasteiger partial charge is 0.0927 e. The van der Waals surface area contributed by atoms with E-state index in [1.807, 2.05) is 18.3 Å². The van der Waals surface area contributed by atoms with Crippen molar-refractivity contribution in [2.75, 3.05) is 0 Å². The van der Waals surface area contributed by atoms with Gasteiger partial charge in [-0.25, -0.2) is 4.98 Å². The molecule has 0 spiro atoms. The number of rotatable bonds is 1. The zero-order valence-electron chi connectivity index (χ0n) is 6.27. The van der Waals surface area contributed by atoms with Gasteiger partial charge in [0.1, 0.15) is 0 Å². The second kappa shape index (κ2) is 3.88. The Kier molecular flexibility index (Phi) is 2.82. The van der Waals surface area contributed by atoms with Crippen LogP contribution in [-0.2, 0) is 0 Å². The number of pyridine rings is 1. The van der Waals surface area contributed by atoms with Gasteiger partial charge in [-0.2, -0.15) is 0 Å². The molecule has 0 radical (unpaired) electrons. The van der Waals surface area contributed by atoms with E-state index in [1.165, 1.54) is 0 Å². The predicted octanol–water partition coefficient (Wildman–Crippen LogP) is 1.89. The Morgan fingerprint density at radius 3 is 2.83 bits per heavy atom. The van der Waals surface area contributed by atoms with Gasteiger partial charge < -0.3 is 4.98 Å². The highest BCUT2D eigenvalue weighted by molar-refractivity contribution is 5.85. The van der Waals surface area contributed by atoms with Crippen LogP contribution < -0.4 is 0 Å². The van der Waals surface area contributed by atoms with Gasteiger partial charge >= 0.3 is 0 Å². The van der Waals surface area contributed by atoms with Crippen molar-refractivity contribution in [2.45, 2.75) is 0 Å². The lowest BCUT2D eigenvalue weighted by Gasteiger charge is -1.91. The van der Waals surface area contributed by atoms with E-state index in [2.05, 4.69) is 15.0 Å². The molecule has 4 heteroatoms. The molecule has 2 aromatic heterocycles. The Balaban J connectivity index is 0.000000720. The van der Waals surface area contributed by atoms with E-state index in [0.717, 1.165) is 11.3 Å². The summed E-state index contributed by atoms with van der Waals surface area (Å²) in [5.74, 6) is 0. The minimum absolute atomic E-state index is 0. The zero-order chi connectivity index (χ0) is 7.52. The quantitative estimate of drug-likeness (QED) is 0.730. The number of imidazole rings is 1. The molecule has 0 aromatic carbocycles. The van der Waals surface area contributed by atoms with Crippen LogP contribution in [0.1, 0.15) is 0 Å². The Hall–Kier alpha value is -1.35.